The number of anilines is 2. The molecular weight excluding hydrogens is 1260 g/mol. The number of hydrogen-bond acceptors (Lipinski definition) is 13. The van der Waals surface area contributed by atoms with Crippen LogP contribution in [0.5, 0.6) is 0 Å². The lowest BCUT2D eigenvalue weighted by molar-refractivity contribution is -0.128. The Labute approximate surface area is 600 Å². The van der Waals surface area contributed by atoms with Crippen LogP contribution in [0.2, 0.25) is 0 Å². The molecule has 0 aliphatic rings. The van der Waals surface area contributed by atoms with Crippen LogP contribution in [0.15, 0.2) is 29.1 Å². The number of aromatic nitrogens is 4. The number of nitrogens with one attached hydrogen (secondary N) is 8. The number of rotatable bonds is 62. The summed E-state index contributed by atoms with van der Waals surface area (Å²) in [6.07, 6.45) is 32.7. The zero-order valence-electron chi connectivity index (χ0n) is 64.3. The minimum absolute atomic E-state index is 0.158. The van der Waals surface area contributed by atoms with Gasteiger partial charge in [-0.3, -0.25) is 23.5 Å². The van der Waals surface area contributed by atoms with Crippen LogP contribution < -0.4 is 54.4 Å². The summed E-state index contributed by atoms with van der Waals surface area (Å²) in [5.74, 6) is 4.44. The highest BCUT2D eigenvalue weighted by atomic mass is 31.2. The normalized spacial score (nSPS) is 14.8. The Morgan fingerprint density at radius 1 is 0.545 bits per heavy atom. The molecule has 99 heavy (non-hydrogen) atoms. The molecule has 14 N–H and O–H groups in total. The standard InChI is InChI=1S/C78H146N13O7P/c1-12-13-54-85-76-89-72(80)71-73(90-76)91(77(95)88-71)58-67-39-41-68(42-40-67)74(93)86-57-70(92)87-69(75(94)84-55-25-53-82-51-17-16-50-81-52-24-48-79)38-14-15-49-83-56-47-78(99(96,97)98,45-43-65(10)36-22-34-63(8)32-20-30-61(6)28-18-26-59(2)3)46-44-66(11)37-23-35-64(9)33-21-31-62(7)29-19-27-60(4)5/h39-42,59-66,69,81-83H,12-38,43-58,79H2,1-11H3,(H,84,94)(H,86,93)(H,87,92)(H,88,95)(H2,96,97,98)(H3,80,85,89,90)/t61?,62?,63?,64?,65?,66?,69-,78?/m0/s1. The Morgan fingerprint density at radius 3 is 1.49 bits per heavy atom. The first-order valence-electron chi connectivity index (χ1n) is 39.7. The van der Waals surface area contributed by atoms with Gasteiger partial charge in [-0.15, -0.1) is 0 Å². The maximum Gasteiger partial charge on any atom is 0.331 e. The molecule has 2 heterocycles. The predicted molar refractivity (Wildman–Crippen MR) is 414 cm³/mol. The number of carbonyl (C=O) groups excluding carboxylic acids is 3. The van der Waals surface area contributed by atoms with Crippen LogP contribution in [0.4, 0.5) is 11.8 Å². The number of hydrogen-bond donors (Lipinski definition) is 12. The molecule has 21 heteroatoms. The summed E-state index contributed by atoms with van der Waals surface area (Å²) in [6, 6.07) is 5.87. The van der Waals surface area contributed by atoms with Gasteiger partial charge < -0.3 is 63.5 Å². The summed E-state index contributed by atoms with van der Waals surface area (Å²) < 4.78 is 15.5. The summed E-state index contributed by atoms with van der Waals surface area (Å²) in [7, 11) is -4.53. The van der Waals surface area contributed by atoms with E-state index in [4.69, 9.17) is 11.5 Å². The van der Waals surface area contributed by atoms with Crippen molar-refractivity contribution in [2.45, 2.75) is 299 Å². The third-order valence-corrected chi connectivity index (χ3v) is 22.6. The van der Waals surface area contributed by atoms with Crippen molar-refractivity contribution >= 4 is 48.2 Å². The van der Waals surface area contributed by atoms with Gasteiger partial charge in [0.25, 0.3) is 5.91 Å². The zero-order valence-corrected chi connectivity index (χ0v) is 65.2. The molecule has 6 unspecified atom stereocenters. The molecule has 0 radical (unpaired) electrons. The van der Waals surface area contributed by atoms with Crippen LogP contribution in [-0.2, 0) is 20.7 Å². The SMILES string of the molecule is CCCCNc1nc(N)c2[nH]c(=O)n(Cc3ccc(C(=O)NCC(=O)N[C@@H](CCCCNCCC(CCC(C)CCCC(C)CCCC(C)CCCC(C)C)(CCC(C)CCCC(C)CCCC(C)CCCC(C)C)P(=O)(O)O)C(=O)NCCCNCCCCNCCCN)cc3)c2n1. The number of imidazole rings is 1. The first kappa shape index (κ1) is 88.8. The minimum atomic E-state index is -4.53. The molecule has 3 amide bonds. The molecule has 0 aliphatic heterocycles. The van der Waals surface area contributed by atoms with E-state index in [1.807, 2.05) is 0 Å². The van der Waals surface area contributed by atoms with E-state index in [0.717, 1.165) is 126 Å². The van der Waals surface area contributed by atoms with E-state index in [2.05, 4.69) is 128 Å². The number of fused-ring (bicyclic) bond motifs is 1. The van der Waals surface area contributed by atoms with Crippen molar-refractivity contribution in [3.63, 3.8) is 0 Å². The van der Waals surface area contributed by atoms with Crippen molar-refractivity contribution in [2.75, 3.05) is 76.5 Å². The minimum Gasteiger partial charge on any atom is -0.382 e. The van der Waals surface area contributed by atoms with E-state index in [1.54, 1.807) is 24.3 Å². The van der Waals surface area contributed by atoms with Gasteiger partial charge in [-0.25, -0.2) is 4.79 Å². The van der Waals surface area contributed by atoms with Gasteiger partial charge in [0.15, 0.2) is 11.5 Å². The second-order valence-corrected chi connectivity index (χ2v) is 33.3. The fourth-order valence-electron chi connectivity index (χ4n) is 13.7. The van der Waals surface area contributed by atoms with E-state index < -0.39 is 36.3 Å². The van der Waals surface area contributed by atoms with Crippen LogP contribution in [0.1, 0.15) is 298 Å². The van der Waals surface area contributed by atoms with Gasteiger partial charge in [0.05, 0.1) is 18.2 Å². The van der Waals surface area contributed by atoms with Crippen molar-refractivity contribution in [1.82, 2.24) is 51.4 Å². The Balaban J connectivity index is 1.63. The van der Waals surface area contributed by atoms with Crippen LogP contribution in [-0.4, -0.2) is 124 Å². The van der Waals surface area contributed by atoms with Gasteiger partial charge in [-0.2, -0.15) is 9.97 Å². The highest BCUT2D eigenvalue weighted by molar-refractivity contribution is 7.53. The van der Waals surface area contributed by atoms with Crippen LogP contribution in [0.25, 0.3) is 11.2 Å². The van der Waals surface area contributed by atoms with Gasteiger partial charge >= 0.3 is 13.3 Å². The van der Waals surface area contributed by atoms with Gasteiger partial charge in [-0.05, 0) is 194 Å². The quantitative estimate of drug-likeness (QED) is 0.0185. The van der Waals surface area contributed by atoms with Crippen LogP contribution in [0.3, 0.4) is 0 Å². The second kappa shape index (κ2) is 51.7. The van der Waals surface area contributed by atoms with Crippen molar-refractivity contribution in [3.05, 3.63) is 45.9 Å². The van der Waals surface area contributed by atoms with Crippen LogP contribution in [0, 0.1) is 47.3 Å². The lowest BCUT2D eigenvalue weighted by atomic mass is 9.84. The number of amides is 3. The highest BCUT2D eigenvalue weighted by Crippen LogP contribution is 2.58. The molecule has 3 aromatic rings. The monoisotopic (exact) mass is 1410 g/mol. The maximum absolute atomic E-state index is 14.0. The van der Waals surface area contributed by atoms with Gasteiger partial charge in [0, 0.05) is 18.7 Å². The number of nitrogens with two attached hydrogens (primary N) is 2. The van der Waals surface area contributed by atoms with Gasteiger partial charge in [0.2, 0.25) is 17.8 Å². The first-order chi connectivity index (χ1) is 47.4. The summed E-state index contributed by atoms with van der Waals surface area (Å²) in [4.78, 5) is 88.4. The number of benzene rings is 1. The molecule has 2 aromatic heterocycles. The topological polar surface area (TPSA) is 309 Å². The number of H-pyrrole nitrogens is 1. The van der Waals surface area contributed by atoms with Crippen molar-refractivity contribution < 1.29 is 28.7 Å². The first-order valence-corrected chi connectivity index (χ1v) is 41.3. The molecule has 570 valence electrons. The molecule has 0 bridgehead atoms. The van der Waals surface area contributed by atoms with E-state index in [1.165, 1.54) is 94.5 Å². The van der Waals surface area contributed by atoms with Gasteiger partial charge in [0.1, 0.15) is 11.6 Å². The summed E-state index contributed by atoms with van der Waals surface area (Å²) in [5, 5.41) is 21.1. The van der Waals surface area contributed by atoms with Gasteiger partial charge in [-0.1, -0.05) is 210 Å². The largest absolute Gasteiger partial charge is 0.382 e. The van der Waals surface area contributed by atoms with Crippen molar-refractivity contribution in [3.8, 4) is 0 Å². The molecule has 3 rings (SSSR count). The van der Waals surface area contributed by atoms with E-state index in [9.17, 15) is 33.5 Å². The number of nitrogens with zero attached hydrogens (tertiary/aromatic N) is 3. The third kappa shape index (κ3) is 39.1. The molecule has 1 aromatic carbocycles. The van der Waals surface area contributed by atoms with E-state index >= 15 is 0 Å². The molecule has 20 nitrogen and oxygen atoms in total. The number of aromatic amines is 1. The zero-order chi connectivity index (χ0) is 72.9. The summed E-state index contributed by atoms with van der Waals surface area (Å²) >= 11 is 0. The smallest absolute Gasteiger partial charge is 0.331 e. The number of nitrogen functional groups attached to an aromatic ring is 1. The molecule has 0 spiro atoms. The molecule has 0 aliphatic carbocycles. The Bertz CT molecular complexity index is 2670. The fraction of sp³-hybridized carbons (Fsp3) is 0.821. The average molecular weight is 1410 g/mol. The lowest BCUT2D eigenvalue weighted by Crippen LogP contribution is -2.49. The summed E-state index contributed by atoms with van der Waals surface area (Å²) in [5.41, 5.74) is 13.2. The fourth-order valence-corrected chi connectivity index (χ4v) is 14.9. The number of unbranched alkanes of at least 4 members (excludes halogenated alkanes) is 3. The maximum atomic E-state index is 14.0. The lowest BCUT2D eigenvalue weighted by Gasteiger charge is -2.36. The molecule has 0 saturated heterocycles. The number of carbonyl (C=O) groups is 3. The van der Waals surface area contributed by atoms with E-state index in [0.29, 0.717) is 124 Å². The molecule has 0 fully saturated rings. The van der Waals surface area contributed by atoms with Crippen molar-refractivity contribution in [1.29, 1.82) is 0 Å². The Hall–Kier alpha value is -4.43. The van der Waals surface area contributed by atoms with Crippen LogP contribution >= 0.6 is 7.60 Å². The average Bonchev–Trinajstić information content (AvgIpc) is 1.67. The van der Waals surface area contributed by atoms with Crippen molar-refractivity contribution in [2.24, 2.45) is 53.1 Å². The molecule has 0 saturated carbocycles. The second-order valence-electron chi connectivity index (χ2n) is 31.3. The summed E-state index contributed by atoms with van der Waals surface area (Å²) in [6.45, 7) is 31.6. The molecular formula is C78H146N13O7P. The highest BCUT2D eigenvalue weighted by Gasteiger charge is 2.46. The Morgan fingerprint density at radius 2 is 1.01 bits per heavy atom. The molecule has 7 atom stereocenters. The predicted octanol–water partition coefficient (Wildman–Crippen LogP) is 14.8. The third-order valence-electron chi connectivity index (χ3n) is 20.6. The Kier molecular flexibility index (Phi) is 46.3. The van der Waals surface area contributed by atoms with E-state index in [-0.39, 0.29) is 24.8 Å².